The van der Waals surface area contributed by atoms with Crippen LogP contribution in [-0.2, 0) is 6.18 Å². The highest BCUT2D eigenvalue weighted by atomic mass is 19.4. The zero-order valence-electron chi connectivity index (χ0n) is 10.9. The fourth-order valence-corrected chi connectivity index (χ4v) is 1.87. The topological polar surface area (TPSA) is 63.8 Å². The largest absolute Gasteiger partial charge is 0.433 e. The van der Waals surface area contributed by atoms with Crippen molar-refractivity contribution in [3.8, 4) is 0 Å². The Bertz CT molecular complexity index is 618. The van der Waals surface area contributed by atoms with Gasteiger partial charge in [0.05, 0.1) is 0 Å². The molecule has 7 heteroatoms. The predicted octanol–water partition coefficient (Wildman–Crippen LogP) is 3.44. The van der Waals surface area contributed by atoms with Gasteiger partial charge in [-0.25, -0.2) is 4.98 Å². The molecule has 1 aromatic heterocycles. The highest BCUT2D eigenvalue weighted by molar-refractivity contribution is 5.59. The van der Waals surface area contributed by atoms with Gasteiger partial charge in [-0.15, -0.1) is 0 Å². The van der Waals surface area contributed by atoms with Gasteiger partial charge in [0.25, 0.3) is 0 Å². The van der Waals surface area contributed by atoms with E-state index in [1.807, 2.05) is 19.9 Å². The average Bonchev–Trinajstić information content (AvgIpc) is 2.25. The van der Waals surface area contributed by atoms with Gasteiger partial charge in [-0.2, -0.15) is 18.2 Å². The average molecular weight is 282 g/mol. The summed E-state index contributed by atoms with van der Waals surface area (Å²) in [5.41, 5.74) is 6.86. The predicted molar refractivity (Wildman–Crippen MR) is 70.6 cm³/mol. The van der Waals surface area contributed by atoms with Crippen LogP contribution in [-0.4, -0.2) is 9.97 Å². The van der Waals surface area contributed by atoms with Gasteiger partial charge in [0.2, 0.25) is 5.95 Å². The van der Waals surface area contributed by atoms with E-state index in [0.717, 1.165) is 17.2 Å². The zero-order valence-corrected chi connectivity index (χ0v) is 10.9. The number of nitrogens with two attached hydrogens (primary N) is 1. The van der Waals surface area contributed by atoms with Crippen molar-refractivity contribution in [2.75, 3.05) is 11.1 Å². The minimum atomic E-state index is -4.56. The van der Waals surface area contributed by atoms with Gasteiger partial charge < -0.3 is 11.1 Å². The molecule has 0 radical (unpaired) electrons. The minimum Gasteiger partial charge on any atom is -0.368 e. The number of hydrogen-bond acceptors (Lipinski definition) is 4. The third-order valence-electron chi connectivity index (χ3n) is 2.53. The van der Waals surface area contributed by atoms with Crippen LogP contribution < -0.4 is 11.1 Å². The maximum atomic E-state index is 12.6. The van der Waals surface area contributed by atoms with E-state index >= 15 is 0 Å². The molecule has 0 atom stereocenters. The Labute approximate surface area is 113 Å². The number of anilines is 3. The van der Waals surface area contributed by atoms with Gasteiger partial charge >= 0.3 is 6.18 Å². The Morgan fingerprint density at radius 1 is 1.00 bits per heavy atom. The van der Waals surface area contributed by atoms with Crippen molar-refractivity contribution in [3.05, 3.63) is 41.1 Å². The highest BCUT2D eigenvalue weighted by Crippen LogP contribution is 2.30. The molecule has 0 saturated carbocycles. The summed E-state index contributed by atoms with van der Waals surface area (Å²) >= 11 is 0. The number of hydrogen-bond donors (Lipinski definition) is 2. The number of aromatic nitrogens is 2. The van der Waals surface area contributed by atoms with Crippen molar-refractivity contribution in [1.82, 2.24) is 9.97 Å². The molecule has 0 aliphatic carbocycles. The molecular formula is C13H13F3N4. The van der Waals surface area contributed by atoms with Crippen LogP contribution in [0.4, 0.5) is 30.6 Å². The van der Waals surface area contributed by atoms with E-state index in [2.05, 4.69) is 15.3 Å². The summed E-state index contributed by atoms with van der Waals surface area (Å²) in [5, 5.41) is 2.81. The second-order valence-electron chi connectivity index (χ2n) is 4.50. The Hall–Kier alpha value is -2.31. The van der Waals surface area contributed by atoms with Crippen LogP contribution >= 0.6 is 0 Å². The van der Waals surface area contributed by atoms with E-state index in [4.69, 9.17) is 5.73 Å². The van der Waals surface area contributed by atoms with Crippen LogP contribution in [0.2, 0.25) is 0 Å². The summed E-state index contributed by atoms with van der Waals surface area (Å²) in [6, 6.07) is 6.39. The number of nitrogens with zero attached hydrogens (tertiary/aromatic N) is 2. The molecule has 20 heavy (non-hydrogen) atoms. The lowest BCUT2D eigenvalue weighted by Crippen LogP contribution is -2.12. The van der Waals surface area contributed by atoms with E-state index in [9.17, 15) is 13.2 Å². The van der Waals surface area contributed by atoms with Gasteiger partial charge in [0, 0.05) is 11.8 Å². The van der Waals surface area contributed by atoms with Crippen LogP contribution in [0.5, 0.6) is 0 Å². The fraction of sp³-hybridized carbons (Fsp3) is 0.231. The first kappa shape index (κ1) is 14.1. The smallest absolute Gasteiger partial charge is 0.368 e. The van der Waals surface area contributed by atoms with Crippen molar-refractivity contribution < 1.29 is 13.2 Å². The fourth-order valence-electron chi connectivity index (χ4n) is 1.87. The number of aryl methyl sites for hydroxylation is 2. The monoisotopic (exact) mass is 282 g/mol. The first-order chi connectivity index (χ1) is 9.24. The lowest BCUT2D eigenvalue weighted by atomic mass is 10.1. The third-order valence-corrected chi connectivity index (χ3v) is 2.53. The van der Waals surface area contributed by atoms with Crippen LogP contribution in [0.3, 0.4) is 0 Å². The van der Waals surface area contributed by atoms with E-state index in [-0.39, 0.29) is 5.82 Å². The van der Waals surface area contributed by atoms with Gasteiger partial charge in [-0.3, -0.25) is 0 Å². The third kappa shape index (κ3) is 3.37. The maximum Gasteiger partial charge on any atom is 0.433 e. The van der Waals surface area contributed by atoms with Gasteiger partial charge in [-0.05, 0) is 37.1 Å². The molecule has 0 saturated heterocycles. The molecule has 0 amide bonds. The van der Waals surface area contributed by atoms with Crippen molar-refractivity contribution in [3.63, 3.8) is 0 Å². The number of rotatable bonds is 2. The Morgan fingerprint density at radius 3 is 2.15 bits per heavy atom. The second kappa shape index (κ2) is 4.99. The van der Waals surface area contributed by atoms with Crippen LogP contribution in [0.15, 0.2) is 24.3 Å². The van der Waals surface area contributed by atoms with Crippen molar-refractivity contribution in [2.24, 2.45) is 0 Å². The molecule has 3 N–H and O–H groups in total. The number of nitrogens with one attached hydrogen (secondary N) is 1. The van der Waals surface area contributed by atoms with Crippen molar-refractivity contribution in [2.45, 2.75) is 20.0 Å². The molecule has 0 aliphatic heterocycles. The summed E-state index contributed by atoms with van der Waals surface area (Å²) in [6.45, 7) is 3.79. The number of nitrogen functional groups attached to an aromatic ring is 1. The maximum absolute atomic E-state index is 12.6. The zero-order chi connectivity index (χ0) is 14.9. The Kier molecular flexibility index (Phi) is 3.52. The molecule has 0 fully saturated rings. The summed E-state index contributed by atoms with van der Waals surface area (Å²) in [7, 11) is 0. The standard InChI is InChI=1S/C13H13F3N4/c1-7-3-8(2)5-9(4-7)18-11-6-10(13(14,15)16)19-12(17)20-11/h3-6H,1-2H3,(H3,17,18,19,20). The summed E-state index contributed by atoms with van der Waals surface area (Å²) in [4.78, 5) is 6.94. The van der Waals surface area contributed by atoms with Crippen molar-refractivity contribution in [1.29, 1.82) is 0 Å². The summed E-state index contributed by atoms with van der Waals surface area (Å²) < 4.78 is 37.9. The van der Waals surface area contributed by atoms with E-state index in [1.165, 1.54) is 0 Å². The van der Waals surface area contributed by atoms with E-state index in [1.54, 1.807) is 12.1 Å². The molecule has 0 spiro atoms. The number of halogens is 3. The molecule has 106 valence electrons. The molecule has 0 bridgehead atoms. The second-order valence-corrected chi connectivity index (χ2v) is 4.50. The Morgan fingerprint density at radius 2 is 1.60 bits per heavy atom. The molecular weight excluding hydrogens is 269 g/mol. The minimum absolute atomic E-state index is 0.00910. The SMILES string of the molecule is Cc1cc(C)cc(Nc2cc(C(F)(F)F)nc(N)n2)c1. The first-order valence-corrected chi connectivity index (χ1v) is 5.81. The van der Waals surface area contributed by atoms with E-state index < -0.39 is 17.8 Å². The van der Waals surface area contributed by atoms with Crippen LogP contribution in [0, 0.1) is 13.8 Å². The molecule has 2 rings (SSSR count). The highest BCUT2D eigenvalue weighted by Gasteiger charge is 2.33. The lowest BCUT2D eigenvalue weighted by Gasteiger charge is -2.11. The molecule has 0 aliphatic rings. The van der Waals surface area contributed by atoms with Crippen LogP contribution in [0.25, 0.3) is 0 Å². The van der Waals surface area contributed by atoms with E-state index in [0.29, 0.717) is 5.69 Å². The quantitative estimate of drug-likeness (QED) is 0.885. The lowest BCUT2D eigenvalue weighted by molar-refractivity contribution is -0.141. The molecule has 4 nitrogen and oxygen atoms in total. The molecule has 0 unspecified atom stereocenters. The Balaban J connectivity index is 2.36. The van der Waals surface area contributed by atoms with Crippen LogP contribution in [0.1, 0.15) is 16.8 Å². The summed E-state index contributed by atoms with van der Waals surface area (Å²) in [5.74, 6) is -0.415. The number of alkyl halides is 3. The first-order valence-electron chi connectivity index (χ1n) is 5.81. The summed E-state index contributed by atoms with van der Waals surface area (Å²) in [6.07, 6.45) is -4.56. The molecule has 1 aromatic carbocycles. The van der Waals surface area contributed by atoms with Gasteiger partial charge in [0.1, 0.15) is 5.82 Å². The number of benzene rings is 1. The molecule has 1 heterocycles. The molecule has 2 aromatic rings. The van der Waals surface area contributed by atoms with Gasteiger partial charge in [0.15, 0.2) is 5.69 Å². The normalized spacial score (nSPS) is 11.4. The van der Waals surface area contributed by atoms with Crippen molar-refractivity contribution >= 4 is 17.5 Å². The van der Waals surface area contributed by atoms with Gasteiger partial charge in [-0.1, -0.05) is 6.07 Å².